The standard InChI is InChI=1S/C14H19N3/c1-3-7-14(15-2)12-10-16-17(11-12)13-8-5-4-6-9-13/h4-6,8-11,14-15H,3,7H2,1-2H3. The lowest BCUT2D eigenvalue weighted by atomic mass is 10.1. The van der Waals surface area contributed by atoms with Crippen molar-refractivity contribution < 1.29 is 0 Å². The van der Waals surface area contributed by atoms with E-state index < -0.39 is 0 Å². The molecule has 0 spiro atoms. The van der Waals surface area contributed by atoms with Crippen molar-refractivity contribution in [3.63, 3.8) is 0 Å². The summed E-state index contributed by atoms with van der Waals surface area (Å²) in [6.07, 6.45) is 6.36. The van der Waals surface area contributed by atoms with E-state index >= 15 is 0 Å². The minimum Gasteiger partial charge on any atom is -0.313 e. The van der Waals surface area contributed by atoms with Crippen molar-refractivity contribution in [3.05, 3.63) is 48.3 Å². The molecule has 1 atom stereocenters. The molecular weight excluding hydrogens is 210 g/mol. The molecule has 0 amide bonds. The lowest BCUT2D eigenvalue weighted by molar-refractivity contribution is 0.541. The molecule has 2 aromatic rings. The highest BCUT2D eigenvalue weighted by Crippen LogP contribution is 2.18. The maximum atomic E-state index is 4.41. The van der Waals surface area contributed by atoms with E-state index in [1.165, 1.54) is 12.0 Å². The Hall–Kier alpha value is -1.61. The summed E-state index contributed by atoms with van der Waals surface area (Å²) in [5.41, 5.74) is 2.35. The summed E-state index contributed by atoms with van der Waals surface area (Å²) < 4.78 is 1.93. The molecule has 90 valence electrons. The van der Waals surface area contributed by atoms with Crippen molar-refractivity contribution >= 4 is 0 Å². The van der Waals surface area contributed by atoms with Crippen molar-refractivity contribution in [2.45, 2.75) is 25.8 Å². The Kier molecular flexibility index (Phi) is 3.94. The Labute approximate surface area is 102 Å². The fraction of sp³-hybridized carbons (Fsp3) is 0.357. The first-order chi connectivity index (χ1) is 8.35. The molecule has 2 rings (SSSR count). The molecule has 0 saturated heterocycles. The SMILES string of the molecule is CCCC(NC)c1cnn(-c2ccccc2)c1. The Morgan fingerprint density at radius 1 is 1.29 bits per heavy atom. The molecule has 1 aromatic carbocycles. The second kappa shape index (κ2) is 5.64. The Morgan fingerprint density at radius 3 is 2.71 bits per heavy atom. The van der Waals surface area contributed by atoms with E-state index in [1.807, 2.05) is 36.1 Å². The second-order valence-corrected chi connectivity index (χ2v) is 4.18. The van der Waals surface area contributed by atoms with Crippen molar-refractivity contribution in [1.82, 2.24) is 15.1 Å². The zero-order valence-corrected chi connectivity index (χ0v) is 10.4. The number of para-hydroxylation sites is 1. The summed E-state index contributed by atoms with van der Waals surface area (Å²) >= 11 is 0. The smallest absolute Gasteiger partial charge is 0.0645 e. The van der Waals surface area contributed by atoms with Gasteiger partial charge in [0.15, 0.2) is 0 Å². The lowest BCUT2D eigenvalue weighted by Gasteiger charge is -2.12. The van der Waals surface area contributed by atoms with Gasteiger partial charge in [-0.1, -0.05) is 31.5 Å². The lowest BCUT2D eigenvalue weighted by Crippen LogP contribution is -2.15. The molecule has 3 nitrogen and oxygen atoms in total. The molecule has 0 radical (unpaired) electrons. The number of benzene rings is 1. The predicted octanol–water partition coefficient (Wildman–Crippen LogP) is 2.93. The number of hydrogen-bond acceptors (Lipinski definition) is 2. The van der Waals surface area contributed by atoms with Gasteiger partial charge >= 0.3 is 0 Å². The van der Waals surface area contributed by atoms with Crippen molar-refractivity contribution in [1.29, 1.82) is 0 Å². The highest BCUT2D eigenvalue weighted by atomic mass is 15.3. The van der Waals surface area contributed by atoms with Gasteiger partial charge in [0.1, 0.15) is 0 Å². The molecule has 0 saturated carbocycles. The molecule has 3 heteroatoms. The molecule has 1 unspecified atom stereocenters. The van der Waals surface area contributed by atoms with Crippen LogP contribution >= 0.6 is 0 Å². The third-order valence-electron chi connectivity index (χ3n) is 2.95. The van der Waals surface area contributed by atoms with Gasteiger partial charge in [-0.15, -0.1) is 0 Å². The van der Waals surface area contributed by atoms with E-state index in [-0.39, 0.29) is 0 Å². The quantitative estimate of drug-likeness (QED) is 0.854. The highest BCUT2D eigenvalue weighted by molar-refractivity contribution is 5.31. The summed E-state index contributed by atoms with van der Waals surface area (Å²) in [6.45, 7) is 2.20. The molecule has 1 heterocycles. The maximum Gasteiger partial charge on any atom is 0.0645 e. The first-order valence-corrected chi connectivity index (χ1v) is 6.12. The predicted molar refractivity (Wildman–Crippen MR) is 70.3 cm³/mol. The van der Waals surface area contributed by atoms with Crippen LogP contribution in [0.25, 0.3) is 5.69 Å². The van der Waals surface area contributed by atoms with Crippen LogP contribution in [0.2, 0.25) is 0 Å². The molecule has 0 fully saturated rings. The average Bonchev–Trinajstić information content (AvgIpc) is 2.86. The highest BCUT2D eigenvalue weighted by Gasteiger charge is 2.10. The fourth-order valence-corrected chi connectivity index (χ4v) is 2.00. The topological polar surface area (TPSA) is 29.9 Å². The van der Waals surface area contributed by atoms with Crippen LogP contribution in [0.1, 0.15) is 31.4 Å². The zero-order valence-electron chi connectivity index (χ0n) is 10.4. The third kappa shape index (κ3) is 2.74. The molecule has 0 aliphatic heterocycles. The van der Waals surface area contributed by atoms with Crippen molar-refractivity contribution in [2.75, 3.05) is 7.05 Å². The minimum atomic E-state index is 0.400. The van der Waals surface area contributed by atoms with Crippen LogP contribution in [0, 0.1) is 0 Å². The van der Waals surface area contributed by atoms with E-state index in [0.717, 1.165) is 12.1 Å². The maximum absolute atomic E-state index is 4.41. The summed E-state index contributed by atoms with van der Waals surface area (Å²) in [5, 5.41) is 7.74. The van der Waals surface area contributed by atoms with E-state index in [1.54, 1.807) is 0 Å². The Balaban J connectivity index is 2.21. The molecule has 0 bridgehead atoms. The van der Waals surface area contributed by atoms with Gasteiger partial charge in [-0.3, -0.25) is 0 Å². The summed E-state index contributed by atoms with van der Waals surface area (Å²) in [5.74, 6) is 0. The summed E-state index contributed by atoms with van der Waals surface area (Å²) in [6, 6.07) is 10.6. The molecule has 17 heavy (non-hydrogen) atoms. The molecule has 0 aliphatic rings. The van der Waals surface area contributed by atoms with Crippen LogP contribution in [-0.2, 0) is 0 Å². The summed E-state index contributed by atoms with van der Waals surface area (Å²) in [7, 11) is 2.00. The zero-order chi connectivity index (χ0) is 12.1. The number of nitrogens with one attached hydrogen (secondary N) is 1. The van der Waals surface area contributed by atoms with Gasteiger partial charge in [0.2, 0.25) is 0 Å². The van der Waals surface area contributed by atoms with E-state index in [2.05, 4.69) is 35.7 Å². The van der Waals surface area contributed by atoms with Gasteiger partial charge in [-0.2, -0.15) is 5.10 Å². The largest absolute Gasteiger partial charge is 0.313 e. The molecule has 1 aromatic heterocycles. The summed E-state index contributed by atoms with van der Waals surface area (Å²) in [4.78, 5) is 0. The molecule has 0 aliphatic carbocycles. The van der Waals surface area contributed by atoms with Gasteiger partial charge in [0.25, 0.3) is 0 Å². The van der Waals surface area contributed by atoms with Crippen LogP contribution in [0.3, 0.4) is 0 Å². The minimum absolute atomic E-state index is 0.400. The normalized spacial score (nSPS) is 12.6. The van der Waals surface area contributed by atoms with Crippen LogP contribution in [0.4, 0.5) is 0 Å². The molecule has 1 N–H and O–H groups in total. The van der Waals surface area contributed by atoms with Gasteiger partial charge < -0.3 is 5.32 Å². The van der Waals surface area contributed by atoms with Crippen LogP contribution in [-0.4, -0.2) is 16.8 Å². The third-order valence-corrected chi connectivity index (χ3v) is 2.95. The number of aromatic nitrogens is 2. The fourth-order valence-electron chi connectivity index (χ4n) is 2.00. The van der Waals surface area contributed by atoms with E-state index in [4.69, 9.17) is 0 Å². The first kappa shape index (κ1) is 11.9. The Morgan fingerprint density at radius 2 is 2.06 bits per heavy atom. The monoisotopic (exact) mass is 229 g/mol. The second-order valence-electron chi connectivity index (χ2n) is 4.18. The van der Waals surface area contributed by atoms with E-state index in [0.29, 0.717) is 6.04 Å². The number of rotatable bonds is 5. The number of nitrogens with zero attached hydrogens (tertiary/aromatic N) is 2. The Bertz CT molecular complexity index is 448. The van der Waals surface area contributed by atoms with Gasteiger partial charge in [-0.05, 0) is 25.6 Å². The van der Waals surface area contributed by atoms with Gasteiger partial charge in [-0.25, -0.2) is 4.68 Å². The van der Waals surface area contributed by atoms with Crippen molar-refractivity contribution in [3.8, 4) is 5.69 Å². The van der Waals surface area contributed by atoms with Crippen LogP contribution < -0.4 is 5.32 Å². The first-order valence-electron chi connectivity index (χ1n) is 6.12. The van der Waals surface area contributed by atoms with E-state index in [9.17, 15) is 0 Å². The van der Waals surface area contributed by atoms with Crippen LogP contribution in [0.5, 0.6) is 0 Å². The average molecular weight is 229 g/mol. The van der Waals surface area contributed by atoms with Gasteiger partial charge in [0, 0.05) is 17.8 Å². The molecular formula is C14H19N3. The number of hydrogen-bond donors (Lipinski definition) is 1. The van der Waals surface area contributed by atoms with Crippen molar-refractivity contribution in [2.24, 2.45) is 0 Å². The van der Waals surface area contributed by atoms with Gasteiger partial charge in [0.05, 0.1) is 11.9 Å². The van der Waals surface area contributed by atoms with Crippen LogP contribution in [0.15, 0.2) is 42.7 Å².